The van der Waals surface area contributed by atoms with Gasteiger partial charge in [-0.1, -0.05) is 11.6 Å². The van der Waals surface area contributed by atoms with Gasteiger partial charge in [-0.25, -0.2) is 4.79 Å². The number of nitrogens with zero attached hydrogens (tertiary/aromatic N) is 3. The van der Waals surface area contributed by atoms with Gasteiger partial charge in [0.05, 0.1) is 11.8 Å². The van der Waals surface area contributed by atoms with E-state index in [4.69, 9.17) is 4.74 Å². The summed E-state index contributed by atoms with van der Waals surface area (Å²) in [6.45, 7) is 4.59. The van der Waals surface area contributed by atoms with Crippen molar-refractivity contribution in [3.8, 4) is 0 Å². The molecule has 1 aliphatic rings. The van der Waals surface area contributed by atoms with Crippen LogP contribution < -0.4 is 0 Å². The minimum Gasteiger partial charge on any atom is -0.454 e. The number of rotatable bonds is 7. The summed E-state index contributed by atoms with van der Waals surface area (Å²) >= 11 is 0. The Hall–Kier alpha value is -2.63. The topological polar surface area (TPSA) is 66.1 Å². The van der Waals surface area contributed by atoms with Gasteiger partial charge in [0.2, 0.25) is 5.78 Å². The van der Waals surface area contributed by atoms with Crippen LogP contribution in [0.1, 0.15) is 64.2 Å². The third-order valence-corrected chi connectivity index (χ3v) is 5.19. The van der Waals surface area contributed by atoms with Crippen LogP contribution in [-0.2, 0) is 18.3 Å². The first kappa shape index (κ1) is 19.1. The third-order valence-electron chi connectivity index (χ3n) is 5.19. The van der Waals surface area contributed by atoms with Gasteiger partial charge in [0.15, 0.2) is 6.61 Å². The molecule has 2 heterocycles. The van der Waals surface area contributed by atoms with Crippen LogP contribution in [0.4, 0.5) is 0 Å². The highest BCUT2D eigenvalue weighted by atomic mass is 16.5. The molecule has 0 N–H and O–H groups in total. The van der Waals surface area contributed by atoms with Crippen molar-refractivity contribution in [1.29, 1.82) is 0 Å². The molecule has 0 spiro atoms. The number of ketones is 1. The fourth-order valence-electron chi connectivity index (χ4n) is 3.63. The lowest BCUT2D eigenvalue weighted by atomic mass is 9.97. The fraction of sp³-hybridized carbons (Fsp3) is 0.476. The Morgan fingerprint density at radius 2 is 2.07 bits per heavy atom. The largest absolute Gasteiger partial charge is 0.454 e. The van der Waals surface area contributed by atoms with E-state index in [0.29, 0.717) is 11.1 Å². The Labute approximate surface area is 159 Å². The van der Waals surface area contributed by atoms with E-state index in [0.717, 1.165) is 24.4 Å². The zero-order valence-electron chi connectivity index (χ0n) is 16.3. The Kier molecular flexibility index (Phi) is 5.94. The molecule has 144 valence electrons. The maximum Gasteiger partial charge on any atom is 0.341 e. The van der Waals surface area contributed by atoms with Crippen LogP contribution in [0, 0.1) is 13.8 Å². The molecule has 1 aliphatic carbocycles. The Balaban J connectivity index is 1.61. The SMILES string of the molecule is Cc1cc(C(=O)COC(=O)c2cnn(C)c2)c(C)n1CCC1=CCCCC1. The van der Waals surface area contributed by atoms with Gasteiger partial charge in [-0.05, 0) is 52.0 Å². The van der Waals surface area contributed by atoms with Crippen LogP contribution in [0.3, 0.4) is 0 Å². The molecule has 0 atom stereocenters. The minimum atomic E-state index is -0.533. The van der Waals surface area contributed by atoms with Crippen LogP contribution in [0.2, 0.25) is 0 Å². The summed E-state index contributed by atoms with van der Waals surface area (Å²) in [6.07, 6.45) is 11.3. The van der Waals surface area contributed by atoms with Crippen LogP contribution in [-0.4, -0.2) is 32.7 Å². The minimum absolute atomic E-state index is 0.177. The molecule has 27 heavy (non-hydrogen) atoms. The van der Waals surface area contributed by atoms with Crippen LogP contribution in [0.5, 0.6) is 0 Å². The number of aromatic nitrogens is 3. The molecule has 6 nitrogen and oxygen atoms in total. The number of hydrogen-bond donors (Lipinski definition) is 0. The highest BCUT2D eigenvalue weighted by Crippen LogP contribution is 2.23. The second-order valence-electron chi connectivity index (χ2n) is 7.20. The second kappa shape index (κ2) is 8.37. The standard InChI is InChI=1S/C21H27N3O3/c1-15-11-19(16(2)24(15)10-9-17-7-5-4-6-8-17)20(25)14-27-21(26)18-12-22-23(3)13-18/h7,11-13H,4-6,8-10,14H2,1-3H3. The van der Waals surface area contributed by atoms with Gasteiger partial charge in [0, 0.05) is 36.7 Å². The number of carbonyl (C=O) groups excluding carboxylic acids is 2. The average molecular weight is 369 g/mol. The smallest absolute Gasteiger partial charge is 0.341 e. The maximum absolute atomic E-state index is 12.6. The van der Waals surface area contributed by atoms with Gasteiger partial charge in [0.1, 0.15) is 0 Å². The van der Waals surface area contributed by atoms with Crippen LogP contribution in [0.25, 0.3) is 0 Å². The highest BCUT2D eigenvalue weighted by molar-refractivity contribution is 6.00. The molecule has 0 amide bonds. The molecule has 2 aromatic heterocycles. The molecule has 0 fully saturated rings. The highest BCUT2D eigenvalue weighted by Gasteiger charge is 2.18. The lowest BCUT2D eigenvalue weighted by molar-refractivity contribution is 0.0474. The zero-order chi connectivity index (χ0) is 19.4. The summed E-state index contributed by atoms with van der Waals surface area (Å²) < 4.78 is 8.86. The van der Waals surface area contributed by atoms with Crippen molar-refractivity contribution < 1.29 is 14.3 Å². The maximum atomic E-state index is 12.6. The van der Waals surface area contributed by atoms with E-state index in [1.165, 1.54) is 42.1 Å². The second-order valence-corrected chi connectivity index (χ2v) is 7.20. The van der Waals surface area contributed by atoms with Crippen LogP contribution >= 0.6 is 0 Å². The van der Waals surface area contributed by atoms with Crippen molar-refractivity contribution in [2.45, 2.75) is 52.5 Å². The molecule has 2 aromatic rings. The monoisotopic (exact) mass is 369 g/mol. The van der Waals surface area contributed by atoms with Gasteiger partial charge in [-0.15, -0.1) is 0 Å². The fourth-order valence-corrected chi connectivity index (χ4v) is 3.63. The quantitative estimate of drug-likeness (QED) is 0.423. The van der Waals surface area contributed by atoms with E-state index in [1.807, 2.05) is 19.9 Å². The number of carbonyl (C=O) groups is 2. The van der Waals surface area contributed by atoms with Crippen molar-refractivity contribution in [1.82, 2.24) is 14.3 Å². The molecule has 0 radical (unpaired) electrons. The first-order valence-electron chi connectivity index (χ1n) is 9.49. The van der Waals surface area contributed by atoms with Gasteiger partial charge < -0.3 is 9.30 Å². The summed E-state index contributed by atoms with van der Waals surface area (Å²) in [5.41, 5.74) is 4.49. The van der Waals surface area contributed by atoms with E-state index in [-0.39, 0.29) is 12.4 Å². The molecule has 0 aliphatic heterocycles. The number of esters is 1. The van der Waals surface area contributed by atoms with Gasteiger partial charge in [0.25, 0.3) is 0 Å². The predicted molar refractivity (Wildman–Crippen MR) is 103 cm³/mol. The van der Waals surface area contributed by atoms with Gasteiger partial charge >= 0.3 is 5.97 Å². The van der Waals surface area contributed by atoms with Crippen LogP contribution in [0.15, 0.2) is 30.1 Å². The summed E-state index contributed by atoms with van der Waals surface area (Å²) in [7, 11) is 1.72. The van der Waals surface area contributed by atoms with Crippen molar-refractivity contribution in [2.24, 2.45) is 7.05 Å². The lowest BCUT2D eigenvalue weighted by Crippen LogP contribution is -2.15. The third kappa shape index (κ3) is 4.56. The van der Waals surface area contributed by atoms with Crippen molar-refractivity contribution in [3.63, 3.8) is 0 Å². The molecular weight excluding hydrogens is 342 g/mol. The number of hydrogen-bond acceptors (Lipinski definition) is 4. The zero-order valence-corrected chi connectivity index (χ0v) is 16.3. The summed E-state index contributed by atoms with van der Waals surface area (Å²) in [4.78, 5) is 24.5. The Morgan fingerprint density at radius 1 is 1.26 bits per heavy atom. The molecule has 0 saturated carbocycles. The molecule has 0 bridgehead atoms. The van der Waals surface area contributed by atoms with E-state index >= 15 is 0 Å². The Morgan fingerprint density at radius 3 is 2.74 bits per heavy atom. The number of aryl methyl sites for hydroxylation is 2. The van der Waals surface area contributed by atoms with E-state index in [1.54, 1.807) is 13.2 Å². The number of ether oxygens (including phenoxy) is 1. The van der Waals surface area contributed by atoms with E-state index in [9.17, 15) is 9.59 Å². The summed E-state index contributed by atoms with van der Waals surface area (Å²) in [5.74, 6) is -0.710. The average Bonchev–Trinajstić information content (AvgIpc) is 3.22. The lowest BCUT2D eigenvalue weighted by Gasteiger charge is -2.15. The van der Waals surface area contributed by atoms with Gasteiger partial charge in [-0.3, -0.25) is 9.48 Å². The molecule has 6 heteroatoms. The normalized spacial score (nSPS) is 14.1. The van der Waals surface area contributed by atoms with Gasteiger partial charge in [-0.2, -0.15) is 5.10 Å². The van der Waals surface area contributed by atoms with E-state index < -0.39 is 5.97 Å². The number of Topliss-reactive ketones (excluding diaryl/α,β-unsaturated/α-hetero) is 1. The van der Waals surface area contributed by atoms with Crippen molar-refractivity contribution in [3.05, 3.63) is 52.6 Å². The molecule has 0 unspecified atom stereocenters. The molecule has 3 rings (SSSR count). The molecule has 0 aromatic carbocycles. The molecule has 0 saturated heterocycles. The van der Waals surface area contributed by atoms with E-state index in [2.05, 4.69) is 15.7 Å². The predicted octanol–water partition coefficient (Wildman–Crippen LogP) is 3.77. The molecular formula is C21H27N3O3. The summed E-state index contributed by atoms with van der Waals surface area (Å²) in [6, 6.07) is 1.89. The van der Waals surface area contributed by atoms with Crippen molar-refractivity contribution in [2.75, 3.05) is 6.61 Å². The Bertz CT molecular complexity index is 873. The summed E-state index contributed by atoms with van der Waals surface area (Å²) in [5, 5.41) is 3.93. The first-order valence-corrected chi connectivity index (χ1v) is 9.49. The first-order chi connectivity index (χ1) is 13.0. The number of allylic oxidation sites excluding steroid dienone is 2. The van der Waals surface area contributed by atoms with Crippen molar-refractivity contribution >= 4 is 11.8 Å².